The van der Waals surface area contributed by atoms with Gasteiger partial charge in [-0.3, -0.25) is 0 Å². The molecule has 4 aromatic heterocycles. The fourth-order valence-corrected chi connectivity index (χ4v) is 4.45. The van der Waals surface area contributed by atoms with Crippen LogP contribution >= 0.6 is 0 Å². The lowest BCUT2D eigenvalue weighted by molar-refractivity contribution is -0.137. The number of halogens is 6. The molecule has 0 aliphatic heterocycles. The molecule has 10 nitrogen and oxygen atoms in total. The van der Waals surface area contributed by atoms with Gasteiger partial charge < -0.3 is 9.84 Å². The van der Waals surface area contributed by atoms with E-state index >= 15 is 0 Å². The summed E-state index contributed by atoms with van der Waals surface area (Å²) in [5.41, 5.74) is -1.62. The molecule has 1 N–H and O–H groups in total. The SMILES string of the molecule is CCOC(=O)c1cnn2ccc(-c3ccccc3C(F)(F)F)nc12.O=C(O)c1cnn2ccc(-c3ccccc3C(F)(F)F)nc12. The number of esters is 1. The van der Waals surface area contributed by atoms with Crippen molar-refractivity contribution in [3.05, 3.63) is 108 Å². The summed E-state index contributed by atoms with van der Waals surface area (Å²) >= 11 is 0. The van der Waals surface area contributed by atoms with Crippen molar-refractivity contribution in [2.24, 2.45) is 0 Å². The van der Waals surface area contributed by atoms with Crippen LogP contribution in [0.5, 0.6) is 0 Å². The molecule has 2 aromatic carbocycles. The summed E-state index contributed by atoms with van der Waals surface area (Å²) in [5.74, 6) is -1.87. The second kappa shape index (κ2) is 12.3. The molecule has 0 radical (unpaired) electrons. The van der Waals surface area contributed by atoms with E-state index in [4.69, 9.17) is 9.84 Å². The maximum Gasteiger partial charge on any atom is 0.417 e. The van der Waals surface area contributed by atoms with Crippen LogP contribution in [-0.2, 0) is 17.1 Å². The van der Waals surface area contributed by atoms with Gasteiger partial charge in [-0.15, -0.1) is 0 Å². The molecule has 6 aromatic rings. The van der Waals surface area contributed by atoms with E-state index in [-0.39, 0.29) is 51.5 Å². The number of ether oxygens (including phenoxy) is 1. The number of carbonyl (C=O) groups is 2. The summed E-state index contributed by atoms with van der Waals surface area (Å²) in [5, 5.41) is 16.8. The average molecular weight is 643 g/mol. The van der Waals surface area contributed by atoms with Crippen LogP contribution in [0.2, 0.25) is 0 Å². The first-order chi connectivity index (χ1) is 21.8. The molecule has 0 amide bonds. The number of carbonyl (C=O) groups excluding carboxylic acids is 1. The lowest BCUT2D eigenvalue weighted by atomic mass is 10.0. The molecular formula is C30H20F6N6O4. The topological polar surface area (TPSA) is 124 Å². The normalized spacial score (nSPS) is 11.7. The number of carboxylic acid groups (broad SMARTS) is 1. The van der Waals surface area contributed by atoms with Crippen LogP contribution in [0.1, 0.15) is 38.8 Å². The van der Waals surface area contributed by atoms with Gasteiger partial charge >= 0.3 is 24.3 Å². The Balaban J connectivity index is 0.000000182. The molecule has 0 aliphatic rings. The highest BCUT2D eigenvalue weighted by Gasteiger charge is 2.35. The van der Waals surface area contributed by atoms with E-state index in [1.807, 2.05) is 0 Å². The van der Waals surface area contributed by atoms with Crippen molar-refractivity contribution in [2.75, 3.05) is 6.61 Å². The maximum absolute atomic E-state index is 13.2. The molecule has 0 aliphatic carbocycles. The van der Waals surface area contributed by atoms with Crippen LogP contribution in [0.4, 0.5) is 26.3 Å². The predicted molar refractivity (Wildman–Crippen MR) is 150 cm³/mol. The number of carboxylic acids is 1. The summed E-state index contributed by atoms with van der Waals surface area (Å²) in [6.45, 7) is 1.83. The highest BCUT2D eigenvalue weighted by atomic mass is 19.4. The van der Waals surface area contributed by atoms with Gasteiger partial charge in [0.25, 0.3) is 0 Å². The Morgan fingerprint density at radius 3 is 1.59 bits per heavy atom. The quantitative estimate of drug-likeness (QED) is 0.163. The fraction of sp³-hybridized carbons (Fsp3) is 0.133. The van der Waals surface area contributed by atoms with Crippen molar-refractivity contribution in [3.63, 3.8) is 0 Å². The summed E-state index contributed by atoms with van der Waals surface area (Å²) < 4.78 is 86.1. The van der Waals surface area contributed by atoms with Crippen molar-refractivity contribution in [3.8, 4) is 22.5 Å². The zero-order chi connectivity index (χ0) is 33.2. The lowest BCUT2D eigenvalue weighted by Crippen LogP contribution is -2.08. The van der Waals surface area contributed by atoms with E-state index in [1.54, 1.807) is 6.92 Å². The summed E-state index contributed by atoms with van der Waals surface area (Å²) in [6.07, 6.45) is -3.83. The standard InChI is InChI=1S/C16H12F3N3O2.C14H8F3N3O2/c1-2-24-15(23)11-9-20-22-8-7-13(21-14(11)22)10-5-3-4-6-12(10)16(17,18)19;15-14(16,17)10-4-2-1-3-8(10)11-5-6-20-12(19-11)9(7-18-20)13(21)22/h3-9H,2H2,1H3;1-7H,(H,21,22). The molecule has 236 valence electrons. The van der Waals surface area contributed by atoms with E-state index in [2.05, 4.69) is 20.2 Å². The summed E-state index contributed by atoms with van der Waals surface area (Å²) in [4.78, 5) is 31.2. The van der Waals surface area contributed by atoms with E-state index in [0.29, 0.717) is 0 Å². The van der Waals surface area contributed by atoms with Crippen LogP contribution in [0.3, 0.4) is 0 Å². The van der Waals surface area contributed by atoms with Crippen molar-refractivity contribution in [1.29, 1.82) is 0 Å². The number of benzene rings is 2. The van der Waals surface area contributed by atoms with E-state index in [9.17, 15) is 35.9 Å². The van der Waals surface area contributed by atoms with Gasteiger partial charge in [0.1, 0.15) is 11.1 Å². The van der Waals surface area contributed by atoms with Crippen molar-refractivity contribution in [1.82, 2.24) is 29.2 Å². The molecule has 6 rings (SSSR count). The summed E-state index contributed by atoms with van der Waals surface area (Å²) in [7, 11) is 0. The highest BCUT2D eigenvalue weighted by Crippen LogP contribution is 2.37. The average Bonchev–Trinajstić information content (AvgIpc) is 3.65. The Kier molecular flexibility index (Phi) is 8.45. The van der Waals surface area contributed by atoms with Crippen LogP contribution in [0.25, 0.3) is 33.8 Å². The van der Waals surface area contributed by atoms with Crippen LogP contribution in [0, 0.1) is 0 Å². The number of hydrogen-bond donors (Lipinski definition) is 1. The molecule has 0 atom stereocenters. The molecule has 46 heavy (non-hydrogen) atoms. The molecule has 0 bridgehead atoms. The third-order valence-electron chi connectivity index (χ3n) is 6.48. The van der Waals surface area contributed by atoms with Crippen molar-refractivity contribution < 1.29 is 45.8 Å². The summed E-state index contributed by atoms with van der Waals surface area (Å²) in [6, 6.07) is 12.9. The Morgan fingerprint density at radius 2 is 1.15 bits per heavy atom. The largest absolute Gasteiger partial charge is 0.477 e. The number of fused-ring (bicyclic) bond motifs is 2. The number of hydrogen-bond acceptors (Lipinski definition) is 7. The number of nitrogens with zero attached hydrogens (tertiary/aromatic N) is 6. The minimum absolute atomic E-state index is 0.0121. The van der Waals surface area contributed by atoms with E-state index in [1.165, 1.54) is 76.2 Å². The third-order valence-corrected chi connectivity index (χ3v) is 6.48. The Hall–Kier alpha value is -5.80. The molecule has 0 fully saturated rings. The Morgan fingerprint density at radius 1 is 0.717 bits per heavy atom. The first-order valence-corrected chi connectivity index (χ1v) is 13.2. The van der Waals surface area contributed by atoms with Gasteiger partial charge in [-0.25, -0.2) is 28.6 Å². The third kappa shape index (κ3) is 6.36. The molecule has 0 saturated heterocycles. The van der Waals surface area contributed by atoms with Gasteiger partial charge in [-0.05, 0) is 31.2 Å². The van der Waals surface area contributed by atoms with Gasteiger partial charge in [0.05, 0.1) is 41.5 Å². The Bertz CT molecular complexity index is 2070. The van der Waals surface area contributed by atoms with Gasteiger partial charge in [0.2, 0.25) is 0 Å². The van der Waals surface area contributed by atoms with Crippen LogP contribution in [0.15, 0.2) is 85.5 Å². The van der Waals surface area contributed by atoms with Gasteiger partial charge in [0, 0.05) is 23.5 Å². The maximum atomic E-state index is 13.2. The van der Waals surface area contributed by atoms with Crippen molar-refractivity contribution in [2.45, 2.75) is 19.3 Å². The van der Waals surface area contributed by atoms with E-state index in [0.717, 1.165) is 18.3 Å². The zero-order valence-electron chi connectivity index (χ0n) is 23.4. The zero-order valence-corrected chi connectivity index (χ0v) is 23.4. The van der Waals surface area contributed by atoms with Crippen LogP contribution < -0.4 is 0 Å². The first kappa shape index (κ1) is 31.6. The van der Waals surface area contributed by atoms with Crippen molar-refractivity contribution >= 4 is 23.2 Å². The first-order valence-electron chi connectivity index (χ1n) is 13.2. The van der Waals surface area contributed by atoms with Gasteiger partial charge in [-0.1, -0.05) is 36.4 Å². The Labute approximate surface area is 254 Å². The molecule has 4 heterocycles. The molecular weight excluding hydrogens is 622 g/mol. The van der Waals surface area contributed by atoms with E-state index < -0.39 is 35.4 Å². The number of aromatic nitrogens is 6. The molecule has 0 saturated carbocycles. The second-order valence-electron chi connectivity index (χ2n) is 9.39. The minimum Gasteiger partial charge on any atom is -0.477 e. The lowest BCUT2D eigenvalue weighted by Gasteiger charge is -2.12. The number of alkyl halides is 6. The molecule has 0 unspecified atom stereocenters. The second-order valence-corrected chi connectivity index (χ2v) is 9.39. The number of rotatable bonds is 5. The monoisotopic (exact) mass is 642 g/mol. The smallest absolute Gasteiger partial charge is 0.417 e. The minimum atomic E-state index is -4.53. The molecule has 16 heteroatoms. The molecule has 0 spiro atoms. The van der Waals surface area contributed by atoms with Gasteiger partial charge in [-0.2, -0.15) is 36.5 Å². The van der Waals surface area contributed by atoms with Crippen LogP contribution in [-0.4, -0.2) is 52.8 Å². The predicted octanol–water partition coefficient (Wildman–Crippen LogP) is 6.71. The fourth-order valence-electron chi connectivity index (χ4n) is 4.45. The highest BCUT2D eigenvalue weighted by molar-refractivity contribution is 5.96. The number of aromatic carboxylic acids is 1. The van der Waals surface area contributed by atoms with Gasteiger partial charge in [0.15, 0.2) is 11.3 Å².